The number of benzene rings is 1. The smallest absolute Gasteiger partial charge is 0.160 e. The van der Waals surface area contributed by atoms with Gasteiger partial charge in [-0.3, -0.25) is 0 Å². The molecule has 0 atom stereocenters. The number of para-hydroxylation sites is 1. The summed E-state index contributed by atoms with van der Waals surface area (Å²) in [5, 5.41) is 8.62. The molecule has 1 aromatic carbocycles. The summed E-state index contributed by atoms with van der Waals surface area (Å²) in [5.41, 5.74) is 2.82. The Labute approximate surface area is 100 Å². The molecule has 1 aromatic rings. The third-order valence-electron chi connectivity index (χ3n) is 1.82. The second-order valence-electron chi connectivity index (χ2n) is 3.12. The van der Waals surface area contributed by atoms with E-state index in [1.165, 1.54) is 0 Å². The van der Waals surface area contributed by atoms with Gasteiger partial charge in [-0.25, -0.2) is 0 Å². The molecule has 0 radical (unpaired) electrons. The molecule has 1 rings (SSSR count). The average Bonchev–Trinajstić information content (AvgIpc) is 2.33. The zero-order valence-electron chi connectivity index (χ0n) is 9.19. The summed E-state index contributed by atoms with van der Waals surface area (Å²) in [6.45, 7) is 4.49. The van der Waals surface area contributed by atoms with Crippen LogP contribution in [0.25, 0.3) is 0 Å². The van der Waals surface area contributed by atoms with Gasteiger partial charge in [0, 0.05) is 18.9 Å². The number of aliphatic hydroxyl groups excluding tert-OH is 1. The monoisotopic (exact) mass is 239 g/mol. The maximum atomic E-state index is 8.62. The van der Waals surface area contributed by atoms with Crippen LogP contribution >= 0.6 is 11.8 Å². The minimum absolute atomic E-state index is 0.170. The van der Waals surface area contributed by atoms with Crippen molar-refractivity contribution < 1.29 is 9.94 Å². The highest BCUT2D eigenvalue weighted by Crippen LogP contribution is 2.28. The van der Waals surface area contributed by atoms with E-state index in [4.69, 9.17) is 9.94 Å². The Morgan fingerprint density at radius 1 is 1.44 bits per heavy atom. The van der Waals surface area contributed by atoms with Gasteiger partial charge in [0.25, 0.3) is 0 Å². The van der Waals surface area contributed by atoms with Crippen molar-refractivity contribution in [1.29, 1.82) is 0 Å². The fraction of sp³-hybridized carbons (Fsp3) is 0.333. The van der Waals surface area contributed by atoms with Crippen molar-refractivity contribution in [2.75, 3.05) is 18.9 Å². The lowest BCUT2D eigenvalue weighted by molar-refractivity contribution is 0.176. The molecule has 0 unspecified atom stereocenters. The van der Waals surface area contributed by atoms with E-state index in [0.29, 0.717) is 13.0 Å². The molecule has 0 amide bonds. The maximum Gasteiger partial charge on any atom is 0.160 e. The standard InChI is InChI=1S/C12H17NO2S/c1-2-10-16-12-7-4-3-6-11(12)15-13-8-5-9-14/h2-4,6-7,13-14H,1,5,8-10H2. The van der Waals surface area contributed by atoms with Gasteiger partial charge < -0.3 is 9.94 Å². The van der Waals surface area contributed by atoms with E-state index in [-0.39, 0.29) is 6.61 Å². The predicted molar refractivity (Wildman–Crippen MR) is 67.7 cm³/mol. The van der Waals surface area contributed by atoms with E-state index < -0.39 is 0 Å². The Kier molecular flexibility index (Phi) is 6.72. The zero-order valence-corrected chi connectivity index (χ0v) is 10.0. The lowest BCUT2D eigenvalue weighted by atomic mass is 10.3. The van der Waals surface area contributed by atoms with Crippen LogP contribution in [0.15, 0.2) is 41.8 Å². The molecular formula is C12H17NO2S. The van der Waals surface area contributed by atoms with Crippen LogP contribution in [0.3, 0.4) is 0 Å². The SMILES string of the molecule is C=CCSc1ccccc1ONCCCO. The van der Waals surface area contributed by atoms with Crippen LogP contribution in [0.4, 0.5) is 0 Å². The van der Waals surface area contributed by atoms with Gasteiger partial charge in [-0.15, -0.1) is 18.3 Å². The molecule has 0 aliphatic heterocycles. The molecule has 16 heavy (non-hydrogen) atoms. The molecule has 0 spiro atoms. The summed E-state index contributed by atoms with van der Waals surface area (Å²) in [5.74, 6) is 1.67. The topological polar surface area (TPSA) is 41.5 Å². The molecule has 4 heteroatoms. The van der Waals surface area contributed by atoms with Crippen molar-refractivity contribution in [3.63, 3.8) is 0 Å². The number of hydrogen-bond acceptors (Lipinski definition) is 4. The van der Waals surface area contributed by atoms with Gasteiger partial charge in [0.15, 0.2) is 5.75 Å². The van der Waals surface area contributed by atoms with Gasteiger partial charge in [0.1, 0.15) is 0 Å². The number of thioether (sulfide) groups is 1. The van der Waals surface area contributed by atoms with Gasteiger partial charge in [0.2, 0.25) is 0 Å². The molecule has 0 fully saturated rings. The molecule has 0 heterocycles. The third-order valence-corrected chi connectivity index (χ3v) is 2.88. The Balaban J connectivity index is 2.46. The van der Waals surface area contributed by atoms with Gasteiger partial charge in [0.05, 0.1) is 4.90 Å². The third kappa shape index (κ3) is 4.70. The summed E-state index contributed by atoms with van der Waals surface area (Å²) in [7, 11) is 0. The number of hydroxylamine groups is 1. The van der Waals surface area contributed by atoms with E-state index in [2.05, 4.69) is 12.1 Å². The van der Waals surface area contributed by atoms with Crippen molar-refractivity contribution in [2.45, 2.75) is 11.3 Å². The van der Waals surface area contributed by atoms with Crippen LogP contribution in [-0.2, 0) is 0 Å². The number of nitrogens with one attached hydrogen (secondary N) is 1. The highest BCUT2D eigenvalue weighted by molar-refractivity contribution is 7.99. The van der Waals surface area contributed by atoms with Crippen molar-refractivity contribution in [1.82, 2.24) is 5.48 Å². The van der Waals surface area contributed by atoms with Crippen LogP contribution in [0, 0.1) is 0 Å². The van der Waals surface area contributed by atoms with Crippen LogP contribution < -0.4 is 10.3 Å². The van der Waals surface area contributed by atoms with Crippen molar-refractivity contribution in [2.24, 2.45) is 0 Å². The van der Waals surface area contributed by atoms with E-state index in [1.807, 2.05) is 30.3 Å². The molecule has 0 aliphatic rings. The highest BCUT2D eigenvalue weighted by atomic mass is 32.2. The van der Waals surface area contributed by atoms with Gasteiger partial charge >= 0.3 is 0 Å². The Morgan fingerprint density at radius 2 is 2.25 bits per heavy atom. The van der Waals surface area contributed by atoms with Crippen LogP contribution in [0.2, 0.25) is 0 Å². The van der Waals surface area contributed by atoms with Crippen molar-refractivity contribution >= 4 is 11.8 Å². The second kappa shape index (κ2) is 8.21. The largest absolute Gasteiger partial charge is 0.408 e. The minimum atomic E-state index is 0.170. The van der Waals surface area contributed by atoms with Crippen LogP contribution in [-0.4, -0.2) is 24.0 Å². The summed E-state index contributed by atoms with van der Waals surface area (Å²) >= 11 is 1.68. The van der Waals surface area contributed by atoms with Crippen molar-refractivity contribution in [3.8, 4) is 5.75 Å². The van der Waals surface area contributed by atoms with E-state index >= 15 is 0 Å². The summed E-state index contributed by atoms with van der Waals surface area (Å²) in [6.07, 6.45) is 2.54. The molecule has 0 aliphatic carbocycles. The van der Waals surface area contributed by atoms with Crippen LogP contribution in [0.1, 0.15) is 6.42 Å². The normalized spacial score (nSPS) is 10.1. The molecule has 88 valence electrons. The summed E-state index contributed by atoms with van der Waals surface area (Å²) in [6, 6.07) is 7.83. The minimum Gasteiger partial charge on any atom is -0.408 e. The molecule has 3 nitrogen and oxygen atoms in total. The zero-order chi connectivity index (χ0) is 11.6. The van der Waals surface area contributed by atoms with E-state index in [1.54, 1.807) is 11.8 Å². The van der Waals surface area contributed by atoms with E-state index in [9.17, 15) is 0 Å². The molecule has 2 N–H and O–H groups in total. The average molecular weight is 239 g/mol. The highest BCUT2D eigenvalue weighted by Gasteiger charge is 2.02. The summed E-state index contributed by atoms with van der Waals surface area (Å²) < 4.78 is 0. The number of rotatable bonds is 8. The van der Waals surface area contributed by atoms with Gasteiger partial charge in [-0.05, 0) is 18.6 Å². The Bertz CT molecular complexity index is 318. The number of aliphatic hydroxyl groups is 1. The first-order valence-electron chi connectivity index (χ1n) is 5.21. The molecule has 0 bridgehead atoms. The molecule has 0 aromatic heterocycles. The fourth-order valence-corrected chi connectivity index (χ4v) is 1.81. The first kappa shape index (κ1) is 13.1. The molecule has 0 saturated carbocycles. The lowest BCUT2D eigenvalue weighted by Crippen LogP contribution is -2.20. The second-order valence-corrected chi connectivity index (χ2v) is 4.18. The lowest BCUT2D eigenvalue weighted by Gasteiger charge is -2.10. The predicted octanol–water partition coefficient (Wildman–Crippen LogP) is 2.23. The van der Waals surface area contributed by atoms with Crippen LogP contribution in [0.5, 0.6) is 5.75 Å². The number of hydrogen-bond donors (Lipinski definition) is 2. The quantitative estimate of drug-likeness (QED) is 0.316. The van der Waals surface area contributed by atoms with Crippen molar-refractivity contribution in [3.05, 3.63) is 36.9 Å². The van der Waals surface area contributed by atoms with E-state index in [0.717, 1.165) is 16.4 Å². The molecular weight excluding hydrogens is 222 g/mol. The first-order chi connectivity index (χ1) is 7.88. The van der Waals surface area contributed by atoms with Gasteiger partial charge in [-0.2, -0.15) is 5.48 Å². The Morgan fingerprint density at radius 3 is 3.00 bits per heavy atom. The first-order valence-corrected chi connectivity index (χ1v) is 6.20. The fourth-order valence-electron chi connectivity index (χ4n) is 1.08. The van der Waals surface area contributed by atoms with Gasteiger partial charge in [-0.1, -0.05) is 18.2 Å². The maximum absolute atomic E-state index is 8.62. The molecule has 0 saturated heterocycles. The Hall–Kier alpha value is -0.970. The summed E-state index contributed by atoms with van der Waals surface area (Å²) in [4.78, 5) is 6.50.